The van der Waals surface area contributed by atoms with Crippen molar-refractivity contribution in [1.29, 1.82) is 0 Å². The smallest absolute Gasteiger partial charge is 0.250 e. The minimum absolute atomic E-state index is 0.0637. The Hall–Kier alpha value is -3.19. The first kappa shape index (κ1) is 24.8. The van der Waals surface area contributed by atoms with Crippen molar-refractivity contribution in [3.63, 3.8) is 0 Å². The standard InChI is InChI=1S/C33H33N3O2S/c1-21-10-4-6-12-23(21)16-24-17-35(3)19-32(30(24)37)29(25-13-7-5-11-22(25)2)28-18-39-20-36(28)33(32)26-14-8-9-15-27(26)34-31(33)38/h4-16,28-29H,17-20H2,1-3H3,(H,34,38)/b24-16+/t28-,29+,32-,33-/m0/s1. The number of amides is 1. The number of para-hydroxylation sites is 1. The number of carbonyl (C=O) groups is 2. The van der Waals surface area contributed by atoms with E-state index in [0.29, 0.717) is 13.1 Å². The summed E-state index contributed by atoms with van der Waals surface area (Å²) in [6.45, 7) is 5.31. The first-order valence-electron chi connectivity index (χ1n) is 13.7. The SMILES string of the molecule is Cc1ccccc1/C=C1\CN(C)C[C@@]2(C1=O)[C@H](c1ccccc1C)[C@@H]1CSCN1[C@@]21C(=O)Nc2ccccc21. The van der Waals surface area contributed by atoms with Crippen molar-refractivity contribution in [2.24, 2.45) is 5.41 Å². The van der Waals surface area contributed by atoms with Crippen LogP contribution in [0.2, 0.25) is 0 Å². The fourth-order valence-corrected chi connectivity index (χ4v) is 9.34. The number of rotatable bonds is 2. The Labute approximate surface area is 234 Å². The number of aryl methyl sites for hydroxylation is 2. The van der Waals surface area contributed by atoms with Crippen LogP contribution in [0, 0.1) is 19.3 Å². The van der Waals surface area contributed by atoms with Crippen LogP contribution < -0.4 is 5.32 Å². The molecule has 5 nitrogen and oxygen atoms in total. The van der Waals surface area contributed by atoms with Gasteiger partial charge in [-0.3, -0.25) is 14.5 Å². The average Bonchev–Trinajstić information content (AvgIpc) is 3.57. The predicted molar refractivity (Wildman–Crippen MR) is 158 cm³/mol. The van der Waals surface area contributed by atoms with Crippen LogP contribution in [0.3, 0.4) is 0 Å². The van der Waals surface area contributed by atoms with Crippen LogP contribution in [0.4, 0.5) is 5.69 Å². The van der Waals surface area contributed by atoms with Gasteiger partial charge >= 0.3 is 0 Å². The Morgan fingerprint density at radius 2 is 1.67 bits per heavy atom. The Bertz CT molecular complexity index is 1550. The molecule has 6 heteroatoms. The number of likely N-dealkylation sites (tertiary alicyclic amines) is 1. The fraction of sp³-hybridized carbons (Fsp3) is 0.333. The first-order valence-corrected chi connectivity index (χ1v) is 14.9. The van der Waals surface area contributed by atoms with Gasteiger partial charge in [0, 0.05) is 53.5 Å². The van der Waals surface area contributed by atoms with Crippen molar-refractivity contribution in [1.82, 2.24) is 9.80 Å². The maximum atomic E-state index is 15.3. The van der Waals surface area contributed by atoms with Gasteiger partial charge in [-0.25, -0.2) is 0 Å². The summed E-state index contributed by atoms with van der Waals surface area (Å²) < 4.78 is 0. The summed E-state index contributed by atoms with van der Waals surface area (Å²) >= 11 is 1.87. The number of piperidine rings is 1. The average molecular weight is 536 g/mol. The molecule has 1 N–H and O–H groups in total. The van der Waals surface area contributed by atoms with E-state index < -0.39 is 11.0 Å². The summed E-state index contributed by atoms with van der Waals surface area (Å²) in [5.41, 5.74) is 5.03. The molecule has 0 unspecified atom stereocenters. The van der Waals surface area contributed by atoms with E-state index in [9.17, 15) is 4.79 Å². The molecule has 2 spiro atoms. The predicted octanol–water partition coefficient (Wildman–Crippen LogP) is 5.21. The van der Waals surface area contributed by atoms with Gasteiger partial charge in [-0.2, -0.15) is 0 Å². The lowest BCUT2D eigenvalue weighted by atomic mass is 9.55. The van der Waals surface area contributed by atoms with Crippen LogP contribution >= 0.6 is 11.8 Å². The lowest BCUT2D eigenvalue weighted by Gasteiger charge is -2.51. The third-order valence-electron chi connectivity index (χ3n) is 9.50. The minimum Gasteiger partial charge on any atom is -0.324 e. The number of ketones is 1. The second kappa shape index (κ2) is 8.91. The van der Waals surface area contributed by atoms with Gasteiger partial charge in [0.15, 0.2) is 5.78 Å². The molecular formula is C33H33N3O2S. The van der Waals surface area contributed by atoms with Crippen molar-refractivity contribution >= 4 is 35.2 Å². The van der Waals surface area contributed by atoms with Gasteiger partial charge < -0.3 is 10.2 Å². The van der Waals surface area contributed by atoms with Gasteiger partial charge in [-0.1, -0.05) is 66.7 Å². The van der Waals surface area contributed by atoms with Crippen molar-refractivity contribution < 1.29 is 9.59 Å². The molecule has 4 atom stereocenters. The van der Waals surface area contributed by atoms with Crippen molar-refractivity contribution in [2.45, 2.75) is 31.3 Å². The highest BCUT2D eigenvalue weighted by molar-refractivity contribution is 7.99. The van der Waals surface area contributed by atoms with E-state index in [0.717, 1.165) is 39.6 Å². The third-order valence-corrected chi connectivity index (χ3v) is 10.5. The molecule has 7 rings (SSSR count). The van der Waals surface area contributed by atoms with Crippen molar-refractivity contribution in [3.05, 3.63) is 106 Å². The lowest BCUT2D eigenvalue weighted by molar-refractivity contribution is -0.146. The Morgan fingerprint density at radius 1 is 0.949 bits per heavy atom. The van der Waals surface area contributed by atoms with E-state index in [1.165, 1.54) is 11.1 Å². The van der Waals surface area contributed by atoms with Crippen LogP contribution in [0.25, 0.3) is 6.08 Å². The number of hydrogen-bond acceptors (Lipinski definition) is 5. The number of thioether (sulfide) groups is 1. The molecule has 0 radical (unpaired) electrons. The summed E-state index contributed by atoms with van der Waals surface area (Å²) in [6, 6.07) is 24.8. The summed E-state index contributed by atoms with van der Waals surface area (Å²) in [5.74, 6) is 1.55. The number of anilines is 1. The van der Waals surface area contributed by atoms with Crippen LogP contribution in [-0.2, 0) is 15.1 Å². The maximum Gasteiger partial charge on any atom is 0.250 e. The zero-order valence-electron chi connectivity index (χ0n) is 22.6. The molecule has 3 fully saturated rings. The number of carbonyl (C=O) groups excluding carboxylic acids is 2. The summed E-state index contributed by atoms with van der Waals surface area (Å²) in [7, 11) is 2.10. The quantitative estimate of drug-likeness (QED) is 0.457. The van der Waals surface area contributed by atoms with E-state index in [4.69, 9.17) is 0 Å². The van der Waals surface area contributed by atoms with Gasteiger partial charge in [0.1, 0.15) is 5.54 Å². The normalized spacial score (nSPS) is 31.3. The monoisotopic (exact) mass is 535 g/mol. The molecule has 0 bridgehead atoms. The molecular weight excluding hydrogens is 502 g/mol. The second-order valence-corrected chi connectivity index (χ2v) is 12.6. The number of Topliss-reactive ketones (excluding diaryl/α,β-unsaturated/α-hetero) is 1. The van der Waals surface area contributed by atoms with E-state index in [2.05, 4.69) is 84.6 Å². The van der Waals surface area contributed by atoms with Gasteiger partial charge in [-0.05, 0) is 55.3 Å². The lowest BCUT2D eigenvalue weighted by Crippen LogP contribution is -2.65. The number of nitrogens with one attached hydrogen (secondary N) is 1. The number of hydrogen-bond donors (Lipinski definition) is 1. The Balaban J connectivity index is 1.55. The summed E-state index contributed by atoms with van der Waals surface area (Å²) in [5, 5.41) is 3.23. The molecule has 198 valence electrons. The maximum absolute atomic E-state index is 15.3. The molecule has 4 aliphatic rings. The molecule has 0 saturated carbocycles. The third kappa shape index (κ3) is 3.22. The fourth-order valence-electron chi connectivity index (χ4n) is 8.04. The van der Waals surface area contributed by atoms with Crippen LogP contribution in [0.5, 0.6) is 0 Å². The van der Waals surface area contributed by atoms with Gasteiger partial charge in [0.25, 0.3) is 5.91 Å². The summed E-state index contributed by atoms with van der Waals surface area (Å²) in [6.07, 6.45) is 2.08. The molecule has 4 heterocycles. The van der Waals surface area contributed by atoms with Gasteiger partial charge in [-0.15, -0.1) is 11.8 Å². The molecule has 0 aromatic heterocycles. The number of nitrogens with zero attached hydrogens (tertiary/aromatic N) is 2. The summed E-state index contributed by atoms with van der Waals surface area (Å²) in [4.78, 5) is 34.6. The molecule has 3 aromatic rings. The highest BCUT2D eigenvalue weighted by Crippen LogP contribution is 2.68. The van der Waals surface area contributed by atoms with Crippen molar-refractivity contribution in [2.75, 3.05) is 37.1 Å². The molecule has 0 aliphatic carbocycles. The molecule has 3 saturated heterocycles. The Morgan fingerprint density at radius 3 is 2.46 bits per heavy atom. The number of benzene rings is 3. The zero-order valence-corrected chi connectivity index (χ0v) is 23.4. The van der Waals surface area contributed by atoms with Crippen LogP contribution in [-0.4, -0.2) is 59.3 Å². The molecule has 3 aromatic carbocycles. The zero-order chi connectivity index (χ0) is 26.9. The molecule has 1 amide bonds. The van der Waals surface area contributed by atoms with E-state index in [1.54, 1.807) is 0 Å². The van der Waals surface area contributed by atoms with Crippen molar-refractivity contribution in [3.8, 4) is 0 Å². The van der Waals surface area contributed by atoms with Gasteiger partial charge in [0.05, 0.1) is 5.41 Å². The largest absolute Gasteiger partial charge is 0.324 e. The van der Waals surface area contributed by atoms with Crippen LogP contribution in [0.1, 0.15) is 33.7 Å². The number of fused-ring (bicyclic) bond motifs is 5. The van der Waals surface area contributed by atoms with E-state index in [1.807, 2.05) is 42.1 Å². The topological polar surface area (TPSA) is 52.7 Å². The van der Waals surface area contributed by atoms with E-state index >= 15 is 4.79 Å². The van der Waals surface area contributed by atoms with Crippen LogP contribution in [0.15, 0.2) is 78.4 Å². The highest BCUT2D eigenvalue weighted by atomic mass is 32.2. The van der Waals surface area contributed by atoms with Gasteiger partial charge in [0.2, 0.25) is 0 Å². The number of likely N-dealkylation sites (N-methyl/N-ethyl adjacent to an activating group) is 1. The highest BCUT2D eigenvalue weighted by Gasteiger charge is 2.78. The van der Waals surface area contributed by atoms with E-state index in [-0.39, 0.29) is 23.7 Å². The minimum atomic E-state index is -1.08. The molecule has 4 aliphatic heterocycles. The molecule has 39 heavy (non-hydrogen) atoms. The first-order chi connectivity index (χ1) is 18.9. The Kier molecular flexibility index (Phi) is 5.67. The second-order valence-electron chi connectivity index (χ2n) is 11.6.